The van der Waals surface area contributed by atoms with Gasteiger partial charge in [-0.15, -0.1) is 0 Å². The van der Waals surface area contributed by atoms with Gasteiger partial charge in [-0.05, 0) is 56.0 Å². The number of imide groups is 1. The van der Waals surface area contributed by atoms with Crippen molar-refractivity contribution in [2.45, 2.75) is 51.7 Å². The average Bonchev–Trinajstić information content (AvgIpc) is 2.94. The van der Waals surface area contributed by atoms with Gasteiger partial charge >= 0.3 is 17.8 Å². The van der Waals surface area contributed by atoms with Crippen molar-refractivity contribution in [3.63, 3.8) is 0 Å². The molecule has 220 valence electrons. The first-order valence-electron chi connectivity index (χ1n) is 13.3. The number of carbonyl (C=O) groups is 2. The van der Waals surface area contributed by atoms with Crippen LogP contribution in [0.15, 0.2) is 45.6 Å². The summed E-state index contributed by atoms with van der Waals surface area (Å²) in [4.78, 5) is 37.2. The Bertz CT molecular complexity index is 1450. The summed E-state index contributed by atoms with van der Waals surface area (Å²) in [6, 6.07) is 7.54. The van der Waals surface area contributed by atoms with E-state index in [2.05, 4.69) is 5.32 Å². The molecule has 1 aliphatic rings. The van der Waals surface area contributed by atoms with Crippen LogP contribution < -0.4 is 25.2 Å². The van der Waals surface area contributed by atoms with E-state index in [-0.39, 0.29) is 24.1 Å². The smallest absolute Gasteiger partial charge is 0.417 e. The molecule has 1 aromatic heterocycles. The fourth-order valence-electron chi connectivity index (χ4n) is 4.57. The molecule has 3 amide bonds. The molecule has 9 nitrogen and oxygen atoms in total. The van der Waals surface area contributed by atoms with E-state index in [1.165, 1.54) is 12.1 Å². The highest BCUT2D eigenvalue weighted by atomic mass is 19.4. The van der Waals surface area contributed by atoms with Crippen molar-refractivity contribution < 1.29 is 41.4 Å². The van der Waals surface area contributed by atoms with Crippen LogP contribution in [0.2, 0.25) is 0 Å². The summed E-state index contributed by atoms with van der Waals surface area (Å²) in [5, 5.41) is 2.59. The predicted octanol–water partition coefficient (Wildman–Crippen LogP) is 5.62. The highest BCUT2D eigenvalue weighted by molar-refractivity contribution is 5.86. The molecule has 2 heterocycles. The number of hydrogen-bond donors (Lipinski definition) is 1. The summed E-state index contributed by atoms with van der Waals surface area (Å²) in [6.07, 6.45) is -2.45. The van der Waals surface area contributed by atoms with Crippen molar-refractivity contribution >= 4 is 23.4 Å². The lowest BCUT2D eigenvalue weighted by atomic mass is 10.0. The van der Waals surface area contributed by atoms with E-state index in [9.17, 15) is 27.6 Å². The van der Waals surface area contributed by atoms with Crippen LogP contribution in [0, 0.1) is 0 Å². The maximum atomic E-state index is 13.5. The van der Waals surface area contributed by atoms with Gasteiger partial charge in [0.25, 0.3) is 0 Å². The maximum absolute atomic E-state index is 13.5. The largest absolute Gasteiger partial charge is 0.493 e. The fourth-order valence-corrected chi connectivity index (χ4v) is 4.57. The van der Waals surface area contributed by atoms with Crippen molar-refractivity contribution in [2.24, 2.45) is 0 Å². The quantitative estimate of drug-likeness (QED) is 0.179. The van der Waals surface area contributed by atoms with Gasteiger partial charge in [-0.3, -0.25) is 9.69 Å². The van der Waals surface area contributed by atoms with Crippen LogP contribution in [-0.2, 0) is 17.4 Å². The zero-order valence-corrected chi connectivity index (χ0v) is 22.7. The molecule has 1 atom stereocenters. The number of amides is 3. The van der Waals surface area contributed by atoms with Crippen molar-refractivity contribution in [1.82, 2.24) is 10.2 Å². The minimum absolute atomic E-state index is 0.135. The lowest BCUT2D eigenvalue weighted by Gasteiger charge is -2.23. The number of carbonyl (C=O) groups excluding carboxylic acids is 2. The topological polar surface area (TPSA) is 107 Å². The number of nitrogens with one attached hydrogen (secondary N) is 1. The van der Waals surface area contributed by atoms with Gasteiger partial charge < -0.3 is 23.9 Å². The van der Waals surface area contributed by atoms with E-state index in [0.717, 1.165) is 10.5 Å². The molecule has 0 fully saturated rings. The van der Waals surface area contributed by atoms with Crippen molar-refractivity contribution in [3.8, 4) is 17.2 Å². The van der Waals surface area contributed by atoms with Crippen molar-refractivity contribution in [2.75, 3.05) is 26.4 Å². The van der Waals surface area contributed by atoms with Gasteiger partial charge in [0.1, 0.15) is 24.5 Å². The summed E-state index contributed by atoms with van der Waals surface area (Å²) in [7, 11) is 0. The zero-order valence-electron chi connectivity index (χ0n) is 22.7. The first kappa shape index (κ1) is 29.8. The Kier molecular flexibility index (Phi) is 9.41. The Labute approximate surface area is 234 Å². The van der Waals surface area contributed by atoms with Crippen LogP contribution in [0.1, 0.15) is 55.8 Å². The Morgan fingerprint density at radius 2 is 1.88 bits per heavy atom. The highest BCUT2D eigenvalue weighted by Gasteiger charge is 2.34. The van der Waals surface area contributed by atoms with E-state index in [0.29, 0.717) is 74.2 Å². The normalized spacial score (nSPS) is 13.5. The van der Waals surface area contributed by atoms with Gasteiger partial charge in [0.15, 0.2) is 11.5 Å². The number of unbranched alkanes of at least 4 members (excludes halogenated alkanes) is 1. The molecule has 1 N–H and O–H groups in total. The van der Waals surface area contributed by atoms with Crippen LogP contribution >= 0.6 is 0 Å². The highest BCUT2D eigenvalue weighted by Crippen LogP contribution is 2.37. The summed E-state index contributed by atoms with van der Waals surface area (Å²) in [6.45, 7) is 4.86. The minimum Gasteiger partial charge on any atom is -0.493 e. The van der Waals surface area contributed by atoms with Gasteiger partial charge in [0.05, 0.1) is 18.2 Å². The molecular formula is C29H31F3N2O7. The maximum Gasteiger partial charge on any atom is 0.417 e. The Morgan fingerprint density at radius 1 is 1.12 bits per heavy atom. The number of fused-ring (bicyclic) bond motifs is 2. The second-order valence-corrected chi connectivity index (χ2v) is 9.57. The predicted molar refractivity (Wildman–Crippen MR) is 143 cm³/mol. The molecule has 0 saturated carbocycles. The van der Waals surface area contributed by atoms with E-state index >= 15 is 0 Å². The minimum atomic E-state index is -4.71. The fraction of sp³-hybridized carbons (Fsp3) is 0.414. The Hall–Kier alpha value is -4.22. The first-order chi connectivity index (χ1) is 19.6. The number of rotatable bonds is 11. The van der Waals surface area contributed by atoms with Crippen LogP contribution in [0.3, 0.4) is 0 Å². The number of benzene rings is 2. The number of alkyl halides is 3. The molecule has 0 aliphatic carbocycles. The summed E-state index contributed by atoms with van der Waals surface area (Å²) in [5.74, 6) is 1.55. The third-order valence-electron chi connectivity index (χ3n) is 6.62. The van der Waals surface area contributed by atoms with Crippen LogP contribution in [0.4, 0.5) is 18.0 Å². The third-order valence-corrected chi connectivity index (χ3v) is 6.62. The van der Waals surface area contributed by atoms with Gasteiger partial charge in [0.2, 0.25) is 6.41 Å². The zero-order chi connectivity index (χ0) is 29.6. The second kappa shape index (κ2) is 13.0. The van der Waals surface area contributed by atoms with E-state index in [4.69, 9.17) is 18.6 Å². The van der Waals surface area contributed by atoms with Crippen LogP contribution in [0.25, 0.3) is 11.0 Å². The second-order valence-electron chi connectivity index (χ2n) is 9.57. The number of ether oxygens (including phenoxy) is 3. The Balaban J connectivity index is 1.33. The first-order valence-corrected chi connectivity index (χ1v) is 13.3. The van der Waals surface area contributed by atoms with E-state index in [1.807, 2.05) is 13.0 Å². The summed E-state index contributed by atoms with van der Waals surface area (Å²) in [5.41, 5.74) is -1.10. The third kappa shape index (κ3) is 7.11. The molecule has 0 radical (unpaired) electrons. The monoisotopic (exact) mass is 576 g/mol. The number of hydrogen-bond acceptors (Lipinski definition) is 7. The number of aryl methyl sites for hydroxylation is 1. The van der Waals surface area contributed by atoms with Crippen molar-refractivity contribution in [3.05, 3.63) is 63.5 Å². The van der Waals surface area contributed by atoms with Gasteiger partial charge in [-0.1, -0.05) is 19.4 Å². The molecule has 41 heavy (non-hydrogen) atoms. The molecule has 1 aliphatic heterocycles. The number of urea groups is 1. The molecular weight excluding hydrogens is 545 g/mol. The molecule has 0 saturated heterocycles. The Morgan fingerprint density at radius 3 is 2.59 bits per heavy atom. The molecule has 2 aromatic carbocycles. The number of halogens is 3. The van der Waals surface area contributed by atoms with Crippen LogP contribution in [0.5, 0.6) is 17.2 Å². The van der Waals surface area contributed by atoms with E-state index in [1.54, 1.807) is 19.1 Å². The SMILES string of the molecule is CCCc1c(OCCCCN(C=O)C(=O)NC(C)c2ccc3c(c2)OCCO3)ccc2c(C(F)(F)F)cc(=O)oc12. The molecule has 3 aromatic rings. The lowest BCUT2D eigenvalue weighted by molar-refractivity contribution is -0.136. The van der Waals surface area contributed by atoms with E-state index < -0.39 is 29.4 Å². The average molecular weight is 577 g/mol. The molecule has 0 bridgehead atoms. The van der Waals surface area contributed by atoms with Gasteiger partial charge in [0, 0.05) is 23.6 Å². The van der Waals surface area contributed by atoms with Gasteiger partial charge in [-0.2, -0.15) is 13.2 Å². The standard InChI is InChI=1S/C29H31F3N2O7/c1-3-6-21-23(10-8-20-22(29(30,31)32)16-26(36)41-27(20)21)38-12-5-4-11-34(17-35)28(37)33-18(2)19-7-9-24-25(15-19)40-14-13-39-24/h7-10,15-18H,3-6,11-14H2,1-2H3,(H,33,37). The summed E-state index contributed by atoms with van der Waals surface area (Å²) < 4.78 is 62.6. The molecule has 4 rings (SSSR count). The number of nitrogens with zero attached hydrogens (tertiary/aromatic N) is 1. The van der Waals surface area contributed by atoms with Gasteiger partial charge in [-0.25, -0.2) is 9.59 Å². The molecule has 0 spiro atoms. The van der Waals surface area contributed by atoms with Crippen LogP contribution in [-0.4, -0.2) is 43.7 Å². The molecule has 1 unspecified atom stereocenters. The lowest BCUT2D eigenvalue weighted by Crippen LogP contribution is -2.40. The summed E-state index contributed by atoms with van der Waals surface area (Å²) >= 11 is 0. The van der Waals surface area contributed by atoms with Crippen molar-refractivity contribution in [1.29, 1.82) is 0 Å². The molecule has 12 heteroatoms.